The number of nitrogens with two attached hydrogens (primary N) is 1. The Balaban J connectivity index is 1.91. The van der Waals surface area contributed by atoms with E-state index >= 15 is 0 Å². The van der Waals surface area contributed by atoms with Crippen LogP contribution in [0, 0.1) is 0 Å². The zero-order valence-corrected chi connectivity index (χ0v) is 11.9. The third kappa shape index (κ3) is 4.23. The predicted molar refractivity (Wildman–Crippen MR) is 79.5 cm³/mol. The van der Waals surface area contributed by atoms with E-state index in [0.29, 0.717) is 6.42 Å². The summed E-state index contributed by atoms with van der Waals surface area (Å²) in [5.74, 6) is 0.289. The lowest BCUT2D eigenvalue weighted by molar-refractivity contribution is -0.132. The SMILES string of the molecule is N[C@@H](Cc1ccc(O)cc1)C(=O)N1CCCCCCC1. The summed E-state index contributed by atoms with van der Waals surface area (Å²) in [5.41, 5.74) is 7.04. The molecule has 1 amide bonds. The largest absolute Gasteiger partial charge is 0.508 e. The summed E-state index contributed by atoms with van der Waals surface area (Å²) in [5, 5.41) is 9.26. The van der Waals surface area contributed by atoms with E-state index in [9.17, 15) is 9.90 Å². The fraction of sp³-hybridized carbons (Fsp3) is 0.562. The molecule has 110 valence electrons. The molecule has 1 aliphatic rings. The van der Waals surface area contributed by atoms with Crippen molar-refractivity contribution < 1.29 is 9.90 Å². The lowest BCUT2D eigenvalue weighted by Gasteiger charge is -2.27. The number of nitrogens with zero attached hydrogens (tertiary/aromatic N) is 1. The van der Waals surface area contributed by atoms with Crippen molar-refractivity contribution in [2.45, 2.75) is 44.6 Å². The lowest BCUT2D eigenvalue weighted by atomic mass is 10.0. The van der Waals surface area contributed by atoms with Crippen LogP contribution in [0.3, 0.4) is 0 Å². The smallest absolute Gasteiger partial charge is 0.239 e. The van der Waals surface area contributed by atoms with Crippen molar-refractivity contribution in [3.8, 4) is 5.75 Å². The lowest BCUT2D eigenvalue weighted by Crippen LogP contribution is -2.46. The van der Waals surface area contributed by atoms with Crippen LogP contribution in [0.15, 0.2) is 24.3 Å². The standard InChI is InChI=1S/C16H24N2O2/c17-15(12-13-6-8-14(19)9-7-13)16(20)18-10-4-2-1-3-5-11-18/h6-9,15,19H,1-5,10-12,17H2/t15-/m0/s1. The molecule has 0 bridgehead atoms. The number of phenols is 1. The Morgan fingerprint density at radius 3 is 2.25 bits per heavy atom. The van der Waals surface area contributed by atoms with Gasteiger partial charge < -0.3 is 15.7 Å². The van der Waals surface area contributed by atoms with Crippen molar-refractivity contribution in [2.75, 3.05) is 13.1 Å². The van der Waals surface area contributed by atoms with Crippen molar-refractivity contribution in [1.29, 1.82) is 0 Å². The molecule has 2 rings (SSSR count). The molecular weight excluding hydrogens is 252 g/mol. The Bertz CT molecular complexity index is 423. The van der Waals surface area contributed by atoms with E-state index in [1.54, 1.807) is 12.1 Å². The molecule has 0 aromatic heterocycles. The first-order chi connectivity index (χ1) is 9.66. The van der Waals surface area contributed by atoms with Crippen LogP contribution in [0.1, 0.15) is 37.7 Å². The minimum Gasteiger partial charge on any atom is -0.508 e. The van der Waals surface area contributed by atoms with Gasteiger partial charge in [-0.05, 0) is 37.0 Å². The van der Waals surface area contributed by atoms with E-state index in [2.05, 4.69) is 0 Å². The Labute approximate surface area is 120 Å². The van der Waals surface area contributed by atoms with Crippen molar-refractivity contribution >= 4 is 5.91 Å². The first kappa shape index (κ1) is 14.9. The third-order valence-corrected chi connectivity index (χ3v) is 3.88. The summed E-state index contributed by atoms with van der Waals surface area (Å²) in [7, 11) is 0. The number of benzene rings is 1. The minimum absolute atomic E-state index is 0.0555. The van der Waals surface area contributed by atoms with Gasteiger partial charge in [-0.15, -0.1) is 0 Å². The quantitative estimate of drug-likeness (QED) is 0.888. The van der Waals surface area contributed by atoms with Gasteiger partial charge in [0.1, 0.15) is 5.75 Å². The van der Waals surface area contributed by atoms with Crippen LogP contribution in [0.4, 0.5) is 0 Å². The second kappa shape index (κ2) is 7.29. The maximum absolute atomic E-state index is 12.4. The van der Waals surface area contributed by atoms with Gasteiger partial charge in [-0.1, -0.05) is 31.4 Å². The van der Waals surface area contributed by atoms with E-state index in [0.717, 1.165) is 31.5 Å². The second-order valence-electron chi connectivity index (χ2n) is 5.57. The Hall–Kier alpha value is -1.55. The topological polar surface area (TPSA) is 66.6 Å². The van der Waals surface area contributed by atoms with Crippen LogP contribution < -0.4 is 5.73 Å². The molecule has 0 unspecified atom stereocenters. The fourth-order valence-corrected chi connectivity index (χ4v) is 2.68. The summed E-state index contributed by atoms with van der Waals surface area (Å²) in [6, 6.07) is 6.40. The number of rotatable bonds is 3. The molecule has 0 spiro atoms. The Kier molecular flexibility index (Phi) is 5.41. The highest BCUT2D eigenvalue weighted by Gasteiger charge is 2.21. The molecule has 1 heterocycles. The molecule has 4 heteroatoms. The van der Waals surface area contributed by atoms with E-state index in [-0.39, 0.29) is 11.7 Å². The van der Waals surface area contributed by atoms with Gasteiger partial charge in [-0.25, -0.2) is 0 Å². The van der Waals surface area contributed by atoms with Crippen molar-refractivity contribution in [1.82, 2.24) is 4.90 Å². The number of aromatic hydroxyl groups is 1. The van der Waals surface area contributed by atoms with Gasteiger partial charge in [0.25, 0.3) is 0 Å². The van der Waals surface area contributed by atoms with Gasteiger partial charge in [0.05, 0.1) is 6.04 Å². The Morgan fingerprint density at radius 2 is 1.65 bits per heavy atom. The van der Waals surface area contributed by atoms with Crippen LogP contribution in [-0.2, 0) is 11.2 Å². The monoisotopic (exact) mass is 276 g/mol. The van der Waals surface area contributed by atoms with Crippen LogP contribution in [0.5, 0.6) is 5.75 Å². The zero-order valence-electron chi connectivity index (χ0n) is 11.9. The van der Waals surface area contributed by atoms with Gasteiger partial charge in [-0.3, -0.25) is 4.79 Å². The number of hydrogen-bond donors (Lipinski definition) is 2. The molecule has 20 heavy (non-hydrogen) atoms. The molecule has 1 aliphatic heterocycles. The normalized spacial score (nSPS) is 18.1. The minimum atomic E-state index is -0.487. The summed E-state index contributed by atoms with van der Waals surface area (Å²) < 4.78 is 0. The van der Waals surface area contributed by atoms with Gasteiger partial charge in [0, 0.05) is 13.1 Å². The van der Waals surface area contributed by atoms with Crippen LogP contribution in [0.2, 0.25) is 0 Å². The maximum Gasteiger partial charge on any atom is 0.239 e. The van der Waals surface area contributed by atoms with Gasteiger partial charge in [0.15, 0.2) is 0 Å². The van der Waals surface area contributed by atoms with Gasteiger partial charge >= 0.3 is 0 Å². The average Bonchev–Trinajstić information content (AvgIpc) is 2.40. The molecular formula is C16H24N2O2. The first-order valence-corrected chi connectivity index (χ1v) is 7.49. The second-order valence-corrected chi connectivity index (χ2v) is 5.57. The molecule has 1 aromatic carbocycles. The van der Waals surface area contributed by atoms with Crippen molar-refractivity contribution in [3.05, 3.63) is 29.8 Å². The van der Waals surface area contributed by atoms with E-state index in [4.69, 9.17) is 5.73 Å². The molecule has 0 radical (unpaired) electrons. The number of carbonyl (C=O) groups is 1. The summed E-state index contributed by atoms with van der Waals surface area (Å²) >= 11 is 0. The molecule has 1 atom stereocenters. The van der Waals surface area contributed by atoms with Crippen LogP contribution >= 0.6 is 0 Å². The summed E-state index contributed by atoms with van der Waals surface area (Å²) in [6.07, 6.45) is 6.38. The molecule has 3 N–H and O–H groups in total. The van der Waals surface area contributed by atoms with Gasteiger partial charge in [-0.2, -0.15) is 0 Å². The molecule has 0 saturated carbocycles. The van der Waals surface area contributed by atoms with Crippen molar-refractivity contribution in [2.24, 2.45) is 5.73 Å². The molecule has 1 aromatic rings. The highest BCUT2D eigenvalue weighted by Crippen LogP contribution is 2.14. The number of phenolic OH excluding ortho intramolecular Hbond substituents is 1. The van der Waals surface area contributed by atoms with Crippen molar-refractivity contribution in [3.63, 3.8) is 0 Å². The number of likely N-dealkylation sites (tertiary alicyclic amines) is 1. The molecule has 0 aliphatic carbocycles. The molecule has 1 fully saturated rings. The van der Waals surface area contributed by atoms with Crippen LogP contribution in [0.25, 0.3) is 0 Å². The fourth-order valence-electron chi connectivity index (χ4n) is 2.68. The van der Waals surface area contributed by atoms with Crippen LogP contribution in [-0.4, -0.2) is 35.0 Å². The van der Waals surface area contributed by atoms with Gasteiger partial charge in [0.2, 0.25) is 5.91 Å². The molecule has 1 saturated heterocycles. The predicted octanol–water partition coefficient (Wildman–Crippen LogP) is 2.05. The summed E-state index contributed by atoms with van der Waals surface area (Å²) in [6.45, 7) is 1.67. The summed E-state index contributed by atoms with van der Waals surface area (Å²) in [4.78, 5) is 14.3. The number of amides is 1. The van der Waals surface area contributed by atoms with E-state index < -0.39 is 6.04 Å². The number of hydrogen-bond acceptors (Lipinski definition) is 3. The highest BCUT2D eigenvalue weighted by atomic mass is 16.3. The highest BCUT2D eigenvalue weighted by molar-refractivity contribution is 5.82. The first-order valence-electron chi connectivity index (χ1n) is 7.49. The maximum atomic E-state index is 12.4. The third-order valence-electron chi connectivity index (χ3n) is 3.88. The molecule has 4 nitrogen and oxygen atoms in total. The number of carbonyl (C=O) groups excluding carboxylic acids is 1. The van der Waals surface area contributed by atoms with E-state index in [1.807, 2.05) is 17.0 Å². The zero-order chi connectivity index (χ0) is 14.4. The Morgan fingerprint density at radius 1 is 1.10 bits per heavy atom. The average molecular weight is 276 g/mol. The van der Waals surface area contributed by atoms with E-state index in [1.165, 1.54) is 19.3 Å².